The van der Waals surface area contributed by atoms with Crippen molar-refractivity contribution in [2.75, 3.05) is 18.4 Å². The fraction of sp³-hybridized carbons (Fsp3) is 0.350. The molecule has 2 unspecified atom stereocenters. The molecule has 1 aliphatic rings. The largest absolute Gasteiger partial charge is 0.319 e. The summed E-state index contributed by atoms with van der Waals surface area (Å²) in [5.74, 6) is -0.532. The number of amides is 1. The highest BCUT2D eigenvalue weighted by Crippen LogP contribution is 2.27. The van der Waals surface area contributed by atoms with E-state index >= 15 is 0 Å². The third kappa shape index (κ3) is 4.36. The second kappa shape index (κ2) is 7.78. The summed E-state index contributed by atoms with van der Waals surface area (Å²) >= 11 is 0. The van der Waals surface area contributed by atoms with Crippen LogP contribution in [-0.4, -0.2) is 31.7 Å². The Morgan fingerprint density at radius 2 is 1.74 bits per heavy atom. The molecular formula is C20H23FN2O3S. The SMILES string of the molecule is CC1CC(C)CN(S(=O)(=O)c2cccc(C(=O)Nc3ccccc3F)c2)C1. The van der Waals surface area contributed by atoms with Gasteiger partial charge in [-0.2, -0.15) is 4.31 Å². The predicted molar refractivity (Wildman–Crippen MR) is 102 cm³/mol. The Balaban J connectivity index is 1.84. The quantitative estimate of drug-likeness (QED) is 0.865. The van der Waals surface area contributed by atoms with Crippen molar-refractivity contribution in [3.8, 4) is 0 Å². The fourth-order valence-corrected chi connectivity index (χ4v) is 5.23. The molecule has 1 heterocycles. The molecule has 2 aromatic rings. The summed E-state index contributed by atoms with van der Waals surface area (Å²) in [6, 6.07) is 11.7. The van der Waals surface area contributed by atoms with Gasteiger partial charge < -0.3 is 5.32 Å². The first-order chi connectivity index (χ1) is 12.8. The van der Waals surface area contributed by atoms with E-state index in [9.17, 15) is 17.6 Å². The predicted octanol–water partition coefficient (Wildman–Crippen LogP) is 3.74. The topological polar surface area (TPSA) is 66.5 Å². The van der Waals surface area contributed by atoms with E-state index in [-0.39, 0.29) is 28.0 Å². The van der Waals surface area contributed by atoms with E-state index in [2.05, 4.69) is 5.32 Å². The van der Waals surface area contributed by atoms with E-state index in [4.69, 9.17) is 0 Å². The summed E-state index contributed by atoms with van der Waals surface area (Å²) in [6.45, 7) is 5.02. The van der Waals surface area contributed by atoms with Crippen molar-refractivity contribution in [1.82, 2.24) is 4.31 Å². The van der Waals surface area contributed by atoms with Crippen molar-refractivity contribution in [1.29, 1.82) is 0 Å². The number of carbonyl (C=O) groups excluding carboxylic acids is 1. The molecule has 0 bridgehead atoms. The van der Waals surface area contributed by atoms with Crippen LogP contribution in [0.5, 0.6) is 0 Å². The highest BCUT2D eigenvalue weighted by Gasteiger charge is 2.32. The lowest BCUT2D eigenvalue weighted by Gasteiger charge is -2.34. The maximum atomic E-state index is 13.7. The number of halogens is 1. The van der Waals surface area contributed by atoms with E-state index in [0.29, 0.717) is 13.1 Å². The number of nitrogens with one attached hydrogen (secondary N) is 1. The number of para-hydroxylation sites is 1. The first kappa shape index (κ1) is 19.5. The van der Waals surface area contributed by atoms with Crippen LogP contribution in [0.3, 0.4) is 0 Å². The Bertz CT molecular complexity index is 936. The molecule has 0 spiro atoms. The van der Waals surface area contributed by atoms with Gasteiger partial charge in [-0.25, -0.2) is 12.8 Å². The number of piperidine rings is 1. The third-order valence-corrected chi connectivity index (χ3v) is 6.52. The standard InChI is InChI=1S/C20H23FN2O3S/c1-14-10-15(2)13-23(12-14)27(25,26)17-7-5-6-16(11-17)20(24)22-19-9-4-3-8-18(19)21/h3-9,11,14-15H,10,12-13H2,1-2H3,(H,22,24). The highest BCUT2D eigenvalue weighted by molar-refractivity contribution is 7.89. The lowest BCUT2D eigenvalue weighted by molar-refractivity contribution is 0.102. The summed E-state index contributed by atoms with van der Waals surface area (Å²) in [7, 11) is -3.69. The van der Waals surface area contributed by atoms with Crippen LogP contribution in [0.25, 0.3) is 0 Å². The van der Waals surface area contributed by atoms with Crippen molar-refractivity contribution < 1.29 is 17.6 Å². The van der Waals surface area contributed by atoms with Gasteiger partial charge in [0.25, 0.3) is 5.91 Å². The maximum Gasteiger partial charge on any atom is 0.255 e. The Morgan fingerprint density at radius 3 is 2.41 bits per heavy atom. The molecule has 1 aliphatic heterocycles. The van der Waals surface area contributed by atoms with Gasteiger partial charge in [0.2, 0.25) is 10.0 Å². The van der Waals surface area contributed by atoms with Gasteiger partial charge in [-0.15, -0.1) is 0 Å². The first-order valence-electron chi connectivity index (χ1n) is 8.93. The van der Waals surface area contributed by atoms with Crippen LogP contribution in [0.15, 0.2) is 53.4 Å². The number of rotatable bonds is 4. The zero-order valence-electron chi connectivity index (χ0n) is 15.4. The highest BCUT2D eigenvalue weighted by atomic mass is 32.2. The Hall–Kier alpha value is -2.25. The van der Waals surface area contributed by atoms with Crippen molar-refractivity contribution in [3.63, 3.8) is 0 Å². The van der Waals surface area contributed by atoms with E-state index in [1.165, 1.54) is 46.8 Å². The molecule has 2 atom stereocenters. The lowest BCUT2D eigenvalue weighted by atomic mass is 9.94. The van der Waals surface area contributed by atoms with Crippen molar-refractivity contribution in [3.05, 3.63) is 59.9 Å². The molecule has 0 aromatic heterocycles. The summed E-state index contributed by atoms with van der Waals surface area (Å²) in [5.41, 5.74) is 0.215. The fourth-order valence-electron chi connectivity index (χ4n) is 3.51. The van der Waals surface area contributed by atoms with Crippen LogP contribution in [0, 0.1) is 17.7 Å². The molecule has 1 saturated heterocycles. The minimum absolute atomic E-state index is 0.0504. The smallest absolute Gasteiger partial charge is 0.255 e. The number of benzene rings is 2. The van der Waals surface area contributed by atoms with Crippen LogP contribution < -0.4 is 5.32 Å². The van der Waals surface area contributed by atoms with Crippen LogP contribution in [0.1, 0.15) is 30.6 Å². The molecule has 7 heteroatoms. The molecule has 1 amide bonds. The summed E-state index contributed by atoms with van der Waals surface area (Å²) in [4.78, 5) is 12.5. The van der Waals surface area contributed by atoms with Crippen LogP contribution in [-0.2, 0) is 10.0 Å². The van der Waals surface area contributed by atoms with E-state index in [0.717, 1.165) is 6.42 Å². The number of hydrogen-bond acceptors (Lipinski definition) is 3. The normalized spacial score (nSPS) is 21.0. The van der Waals surface area contributed by atoms with Gasteiger partial charge in [0.15, 0.2) is 0 Å². The van der Waals surface area contributed by atoms with E-state index < -0.39 is 21.7 Å². The summed E-state index contributed by atoms with van der Waals surface area (Å²) < 4.78 is 41.2. The zero-order valence-corrected chi connectivity index (χ0v) is 16.2. The van der Waals surface area contributed by atoms with Gasteiger partial charge in [-0.05, 0) is 48.6 Å². The van der Waals surface area contributed by atoms with Crippen molar-refractivity contribution in [2.24, 2.45) is 11.8 Å². The molecule has 2 aromatic carbocycles. The molecule has 0 saturated carbocycles. The Morgan fingerprint density at radius 1 is 1.07 bits per heavy atom. The van der Waals surface area contributed by atoms with Gasteiger partial charge in [-0.1, -0.05) is 32.0 Å². The molecule has 27 heavy (non-hydrogen) atoms. The number of nitrogens with zero attached hydrogens (tertiary/aromatic N) is 1. The number of anilines is 1. The van der Waals surface area contributed by atoms with E-state index in [1.54, 1.807) is 6.07 Å². The Labute approximate surface area is 159 Å². The van der Waals surface area contributed by atoms with Crippen LogP contribution >= 0.6 is 0 Å². The van der Waals surface area contributed by atoms with Gasteiger partial charge in [0.1, 0.15) is 5.82 Å². The minimum atomic E-state index is -3.69. The van der Waals surface area contributed by atoms with Crippen LogP contribution in [0.4, 0.5) is 10.1 Å². The molecule has 3 rings (SSSR count). The zero-order chi connectivity index (χ0) is 19.6. The van der Waals surface area contributed by atoms with Crippen molar-refractivity contribution >= 4 is 21.6 Å². The van der Waals surface area contributed by atoms with Gasteiger partial charge in [0, 0.05) is 18.7 Å². The number of carbonyl (C=O) groups is 1. The molecular weight excluding hydrogens is 367 g/mol. The van der Waals surface area contributed by atoms with E-state index in [1.807, 2.05) is 13.8 Å². The van der Waals surface area contributed by atoms with Gasteiger partial charge in [-0.3, -0.25) is 4.79 Å². The average molecular weight is 390 g/mol. The Kier molecular flexibility index (Phi) is 5.62. The van der Waals surface area contributed by atoms with Gasteiger partial charge >= 0.3 is 0 Å². The third-order valence-electron chi connectivity index (χ3n) is 4.69. The average Bonchev–Trinajstić information content (AvgIpc) is 2.63. The molecule has 0 radical (unpaired) electrons. The van der Waals surface area contributed by atoms with Gasteiger partial charge in [0.05, 0.1) is 10.6 Å². The molecule has 1 N–H and O–H groups in total. The second-order valence-electron chi connectivity index (χ2n) is 7.23. The molecule has 0 aliphatic carbocycles. The van der Waals surface area contributed by atoms with Crippen LogP contribution in [0.2, 0.25) is 0 Å². The van der Waals surface area contributed by atoms with Crippen molar-refractivity contribution in [2.45, 2.75) is 25.2 Å². The molecule has 1 fully saturated rings. The lowest BCUT2D eigenvalue weighted by Crippen LogP contribution is -2.42. The second-order valence-corrected chi connectivity index (χ2v) is 9.17. The molecule has 144 valence electrons. The minimum Gasteiger partial charge on any atom is -0.319 e. The number of hydrogen-bond donors (Lipinski definition) is 1. The monoisotopic (exact) mass is 390 g/mol. The number of sulfonamides is 1. The maximum absolute atomic E-state index is 13.7. The molecule has 5 nitrogen and oxygen atoms in total. The first-order valence-corrected chi connectivity index (χ1v) is 10.4. The summed E-state index contributed by atoms with van der Waals surface area (Å²) in [5, 5.41) is 2.48. The summed E-state index contributed by atoms with van der Waals surface area (Å²) in [6.07, 6.45) is 0.997.